The number of fused-ring (bicyclic) bond motifs is 1. The highest BCUT2D eigenvalue weighted by molar-refractivity contribution is 6.01. The lowest BCUT2D eigenvalue weighted by atomic mass is 9.72. The van der Waals surface area contributed by atoms with E-state index in [9.17, 15) is 9.59 Å². The summed E-state index contributed by atoms with van der Waals surface area (Å²) >= 11 is 0. The second kappa shape index (κ2) is 8.55. The number of benzene rings is 1. The molecule has 2 saturated heterocycles. The van der Waals surface area contributed by atoms with Crippen LogP contribution in [-0.2, 0) is 28.5 Å². The van der Waals surface area contributed by atoms with Crippen LogP contribution in [0.15, 0.2) is 30.3 Å². The quantitative estimate of drug-likeness (QED) is 0.459. The van der Waals surface area contributed by atoms with Gasteiger partial charge >= 0.3 is 11.9 Å². The standard InChI is InChI=1S/C21H24O6/c1-3-24-19(22)21(20(23)25-4-2)14-16-12-13-26-18(16)27-17(21)11-10-15-8-6-5-7-9-15/h5-9,16-18H,3-4,12-14H2,1-2H3/t16-,17+,18+/m0/s1. The maximum absolute atomic E-state index is 12.9. The second-order valence-corrected chi connectivity index (χ2v) is 6.56. The van der Waals surface area contributed by atoms with Crippen LogP contribution in [0.5, 0.6) is 0 Å². The lowest BCUT2D eigenvalue weighted by Crippen LogP contribution is -2.57. The first-order valence-corrected chi connectivity index (χ1v) is 9.30. The van der Waals surface area contributed by atoms with Crippen molar-refractivity contribution in [3.05, 3.63) is 35.9 Å². The molecule has 6 heteroatoms. The average molecular weight is 372 g/mol. The molecule has 2 heterocycles. The van der Waals surface area contributed by atoms with Gasteiger partial charge in [-0.2, -0.15) is 0 Å². The van der Waals surface area contributed by atoms with Crippen molar-refractivity contribution in [3.8, 4) is 11.8 Å². The molecule has 6 nitrogen and oxygen atoms in total. The molecular formula is C21H24O6. The van der Waals surface area contributed by atoms with Gasteiger partial charge in [-0.25, -0.2) is 0 Å². The van der Waals surface area contributed by atoms with Crippen molar-refractivity contribution in [3.63, 3.8) is 0 Å². The molecule has 0 spiro atoms. The molecule has 0 aliphatic carbocycles. The first kappa shape index (κ1) is 19.4. The van der Waals surface area contributed by atoms with Crippen LogP contribution in [0.25, 0.3) is 0 Å². The summed E-state index contributed by atoms with van der Waals surface area (Å²) in [4.78, 5) is 25.9. The maximum atomic E-state index is 12.9. The van der Waals surface area contributed by atoms with Crippen molar-refractivity contribution >= 4 is 11.9 Å². The number of ether oxygens (including phenoxy) is 4. The number of rotatable bonds is 4. The van der Waals surface area contributed by atoms with E-state index in [0.717, 1.165) is 5.56 Å². The molecule has 2 aliphatic heterocycles. The van der Waals surface area contributed by atoms with E-state index in [0.29, 0.717) is 13.0 Å². The molecule has 2 fully saturated rings. The lowest BCUT2D eigenvalue weighted by Gasteiger charge is -2.41. The van der Waals surface area contributed by atoms with E-state index in [-0.39, 0.29) is 25.6 Å². The third-order valence-electron chi connectivity index (χ3n) is 4.86. The van der Waals surface area contributed by atoms with Crippen molar-refractivity contribution < 1.29 is 28.5 Å². The Labute approximate surface area is 159 Å². The van der Waals surface area contributed by atoms with Crippen molar-refractivity contribution in [2.24, 2.45) is 11.3 Å². The lowest BCUT2D eigenvalue weighted by molar-refractivity contribution is -0.227. The van der Waals surface area contributed by atoms with Crippen molar-refractivity contribution in [1.29, 1.82) is 0 Å². The van der Waals surface area contributed by atoms with E-state index in [2.05, 4.69) is 11.8 Å². The summed E-state index contributed by atoms with van der Waals surface area (Å²) in [5.41, 5.74) is -0.847. The van der Waals surface area contributed by atoms with Gasteiger partial charge in [-0.15, -0.1) is 0 Å². The zero-order chi connectivity index (χ0) is 19.3. The van der Waals surface area contributed by atoms with Crippen LogP contribution in [0, 0.1) is 23.2 Å². The molecule has 3 rings (SSSR count). The Morgan fingerprint density at radius 1 is 1.15 bits per heavy atom. The summed E-state index contributed by atoms with van der Waals surface area (Å²) in [6.45, 7) is 4.24. The van der Waals surface area contributed by atoms with Crippen LogP contribution in [0.2, 0.25) is 0 Å². The SMILES string of the molecule is CCOC(=O)C1(C(=O)OCC)C[C@@H]2CCO[C@@H]2O[C@@H]1C#Cc1ccccc1. The van der Waals surface area contributed by atoms with E-state index < -0.39 is 29.7 Å². The van der Waals surface area contributed by atoms with Gasteiger partial charge in [0, 0.05) is 11.5 Å². The van der Waals surface area contributed by atoms with E-state index in [1.54, 1.807) is 13.8 Å². The van der Waals surface area contributed by atoms with E-state index >= 15 is 0 Å². The van der Waals surface area contributed by atoms with Gasteiger partial charge < -0.3 is 18.9 Å². The Morgan fingerprint density at radius 3 is 2.44 bits per heavy atom. The van der Waals surface area contributed by atoms with E-state index in [4.69, 9.17) is 18.9 Å². The largest absolute Gasteiger partial charge is 0.465 e. The van der Waals surface area contributed by atoms with Crippen LogP contribution >= 0.6 is 0 Å². The van der Waals surface area contributed by atoms with Gasteiger partial charge in [0.05, 0.1) is 19.8 Å². The van der Waals surface area contributed by atoms with Gasteiger partial charge in [0.1, 0.15) is 6.10 Å². The molecule has 144 valence electrons. The fourth-order valence-electron chi connectivity index (χ4n) is 3.54. The fraction of sp³-hybridized carbons (Fsp3) is 0.524. The zero-order valence-electron chi connectivity index (χ0n) is 15.6. The van der Waals surface area contributed by atoms with Gasteiger partial charge in [0.15, 0.2) is 6.29 Å². The average Bonchev–Trinajstić information content (AvgIpc) is 3.13. The molecular weight excluding hydrogens is 348 g/mol. The number of carbonyl (C=O) groups excluding carboxylic acids is 2. The highest BCUT2D eigenvalue weighted by Crippen LogP contribution is 2.45. The smallest absolute Gasteiger partial charge is 0.327 e. The molecule has 0 bridgehead atoms. The van der Waals surface area contributed by atoms with Crippen LogP contribution in [0.4, 0.5) is 0 Å². The Kier molecular flexibility index (Phi) is 6.15. The second-order valence-electron chi connectivity index (χ2n) is 6.56. The topological polar surface area (TPSA) is 71.1 Å². The van der Waals surface area contributed by atoms with Gasteiger partial charge in [0.2, 0.25) is 5.41 Å². The summed E-state index contributed by atoms with van der Waals surface area (Å²) < 4.78 is 22.1. The third kappa shape index (κ3) is 3.85. The summed E-state index contributed by atoms with van der Waals surface area (Å²) in [6.07, 6.45) is -0.528. The van der Waals surface area contributed by atoms with Gasteiger partial charge in [-0.05, 0) is 38.8 Å². The van der Waals surface area contributed by atoms with Crippen LogP contribution in [0.3, 0.4) is 0 Å². The Morgan fingerprint density at radius 2 is 1.81 bits per heavy atom. The van der Waals surface area contributed by atoms with Crippen molar-refractivity contribution in [2.75, 3.05) is 19.8 Å². The predicted octanol–water partition coefficient (Wildman–Crippen LogP) is 2.30. The maximum Gasteiger partial charge on any atom is 0.327 e. The summed E-state index contributed by atoms with van der Waals surface area (Å²) in [7, 11) is 0. The molecule has 3 atom stereocenters. The monoisotopic (exact) mass is 372 g/mol. The first-order chi connectivity index (χ1) is 13.1. The molecule has 0 unspecified atom stereocenters. The third-order valence-corrected chi connectivity index (χ3v) is 4.86. The molecule has 0 saturated carbocycles. The normalized spacial score (nSPS) is 25.6. The summed E-state index contributed by atoms with van der Waals surface area (Å²) in [6, 6.07) is 9.32. The highest BCUT2D eigenvalue weighted by Gasteiger charge is 2.61. The molecule has 0 N–H and O–H groups in total. The van der Waals surface area contributed by atoms with E-state index in [1.807, 2.05) is 30.3 Å². The molecule has 2 aliphatic rings. The van der Waals surface area contributed by atoms with Crippen LogP contribution in [0.1, 0.15) is 32.3 Å². The Bertz CT molecular complexity index is 714. The van der Waals surface area contributed by atoms with Crippen LogP contribution in [-0.4, -0.2) is 44.2 Å². The van der Waals surface area contributed by atoms with Gasteiger partial charge in [-0.3, -0.25) is 9.59 Å². The molecule has 27 heavy (non-hydrogen) atoms. The molecule has 1 aromatic rings. The minimum atomic E-state index is -1.61. The fourth-order valence-corrected chi connectivity index (χ4v) is 3.54. The van der Waals surface area contributed by atoms with Gasteiger partial charge in [-0.1, -0.05) is 30.0 Å². The molecule has 0 amide bonds. The van der Waals surface area contributed by atoms with Gasteiger partial charge in [0.25, 0.3) is 0 Å². The molecule has 0 aromatic heterocycles. The highest BCUT2D eigenvalue weighted by atomic mass is 16.7. The summed E-state index contributed by atoms with van der Waals surface area (Å²) in [5, 5.41) is 0. The number of esters is 2. The first-order valence-electron chi connectivity index (χ1n) is 9.30. The number of hydrogen-bond acceptors (Lipinski definition) is 6. The minimum Gasteiger partial charge on any atom is -0.465 e. The Hall–Kier alpha value is -2.36. The molecule has 0 radical (unpaired) electrons. The zero-order valence-corrected chi connectivity index (χ0v) is 15.6. The van der Waals surface area contributed by atoms with Crippen molar-refractivity contribution in [1.82, 2.24) is 0 Å². The minimum absolute atomic E-state index is 0.0754. The van der Waals surface area contributed by atoms with Crippen LogP contribution < -0.4 is 0 Å². The summed E-state index contributed by atoms with van der Waals surface area (Å²) in [5.74, 6) is 4.58. The number of hydrogen-bond donors (Lipinski definition) is 0. The van der Waals surface area contributed by atoms with Crippen molar-refractivity contribution in [2.45, 2.75) is 39.1 Å². The predicted molar refractivity (Wildman–Crippen MR) is 96.4 cm³/mol. The number of carbonyl (C=O) groups is 2. The Balaban J connectivity index is 2.02. The van der Waals surface area contributed by atoms with E-state index in [1.165, 1.54) is 0 Å². The molecule has 1 aromatic carbocycles.